The molecule has 4 aromatic rings. The van der Waals surface area contributed by atoms with Gasteiger partial charge in [0.2, 0.25) is 5.91 Å². The van der Waals surface area contributed by atoms with E-state index in [0.717, 1.165) is 28.6 Å². The van der Waals surface area contributed by atoms with Crippen LogP contribution in [0.1, 0.15) is 82.7 Å². The monoisotopic (exact) mass is 1120 g/mol. The van der Waals surface area contributed by atoms with Gasteiger partial charge in [0.15, 0.2) is 5.67 Å². The number of esters is 1. The normalized spacial score (nSPS) is 21.8. The Morgan fingerprint density at radius 2 is 1.75 bits per heavy atom. The number of cyclic esters (lactones) is 1. The Bertz CT molecular complexity index is 2850. The van der Waals surface area contributed by atoms with Gasteiger partial charge in [-0.05, 0) is 62.9 Å². The SMILES string of the molecule is CO[C@@H](C)c1ncc(N2CCN(C)CC2)cc1-c1c2c3cc(ccc3n1CC(F)(F)F)-c1csc(n1)C[C@H](NC(=O)[C@H](C(C)C)N(C)C(=O)C1(F)CCN(C(=O)[C@H](F)Cl)CC1)C(=O)N1CCC[C@H](N1)C(=O)OCC(C)(C)C2. The number of piperazine rings is 1. The molecule has 2 N–H and O–H groups in total. The lowest BCUT2D eigenvalue weighted by molar-refractivity contribution is -0.156. The first-order valence-electron chi connectivity index (χ1n) is 26.0. The number of amides is 4. The Labute approximate surface area is 453 Å². The number of alkyl halides is 6. The summed E-state index contributed by atoms with van der Waals surface area (Å²) in [6, 6.07) is 3.43. The predicted molar refractivity (Wildman–Crippen MR) is 281 cm³/mol. The number of piperidine rings is 1. The summed E-state index contributed by atoms with van der Waals surface area (Å²) in [6.45, 7) is 9.94. The first kappa shape index (κ1) is 57.7. The number of aromatic nitrogens is 3. The molecule has 17 nitrogen and oxygen atoms in total. The van der Waals surface area contributed by atoms with E-state index in [1.165, 1.54) is 35.1 Å². The highest BCUT2D eigenvalue weighted by Gasteiger charge is 2.48. The molecule has 0 spiro atoms. The number of thiazole rings is 1. The Morgan fingerprint density at radius 3 is 2.40 bits per heavy atom. The molecule has 3 saturated heterocycles. The molecule has 420 valence electrons. The largest absolute Gasteiger partial charge is 0.464 e. The van der Waals surface area contributed by atoms with Crippen LogP contribution in [-0.4, -0.2) is 173 Å². The van der Waals surface area contributed by atoms with E-state index in [4.69, 9.17) is 31.0 Å². The van der Waals surface area contributed by atoms with Crippen molar-refractivity contribution in [3.8, 4) is 22.5 Å². The summed E-state index contributed by atoms with van der Waals surface area (Å²) in [7, 11) is 4.84. The molecule has 3 fully saturated rings. The average Bonchev–Trinajstić information content (AvgIpc) is 4.00. The van der Waals surface area contributed by atoms with E-state index < -0.39 is 102 Å². The zero-order chi connectivity index (χ0) is 55.9. The van der Waals surface area contributed by atoms with E-state index in [9.17, 15) is 28.4 Å². The lowest BCUT2D eigenvalue weighted by Gasteiger charge is -2.40. The van der Waals surface area contributed by atoms with E-state index >= 15 is 17.6 Å². The molecule has 4 aliphatic heterocycles. The number of fused-ring (bicyclic) bond motifs is 6. The third-order valence-corrected chi connectivity index (χ3v) is 16.2. The molecule has 5 atom stereocenters. The molecule has 77 heavy (non-hydrogen) atoms. The van der Waals surface area contributed by atoms with Crippen LogP contribution in [0.25, 0.3) is 33.4 Å². The maximum Gasteiger partial charge on any atom is 0.406 e. The second-order valence-electron chi connectivity index (χ2n) is 21.9. The van der Waals surface area contributed by atoms with Crippen LogP contribution in [0.4, 0.5) is 27.6 Å². The van der Waals surface area contributed by atoms with Crippen LogP contribution in [0.5, 0.6) is 0 Å². The van der Waals surface area contributed by atoms with Gasteiger partial charge >= 0.3 is 12.1 Å². The average molecular weight is 1120 g/mol. The van der Waals surface area contributed by atoms with Crippen LogP contribution in [-0.2, 0) is 52.8 Å². The quantitative estimate of drug-likeness (QED) is 0.0911. The van der Waals surface area contributed by atoms with Crippen LogP contribution in [0, 0.1) is 11.3 Å². The third kappa shape index (κ3) is 12.7. The molecule has 0 aliphatic carbocycles. The van der Waals surface area contributed by atoms with Gasteiger partial charge in [0.25, 0.3) is 23.4 Å². The highest BCUT2D eigenvalue weighted by atomic mass is 35.5. The summed E-state index contributed by atoms with van der Waals surface area (Å²) in [5, 5.41) is 6.76. The van der Waals surface area contributed by atoms with E-state index in [1.54, 1.807) is 44.5 Å². The Hall–Kier alpha value is -5.49. The van der Waals surface area contributed by atoms with E-state index in [1.807, 2.05) is 33.0 Å². The molecule has 4 amide bonds. The number of likely N-dealkylation sites (N-methyl/N-ethyl adjacent to an activating group) is 2. The number of nitrogens with one attached hydrogen (secondary N) is 2. The minimum absolute atomic E-state index is 0.150. The number of rotatable bonds is 11. The van der Waals surface area contributed by atoms with Crippen LogP contribution in [0.2, 0.25) is 0 Å². The topological polar surface area (TPSA) is 175 Å². The van der Waals surface area contributed by atoms with Gasteiger partial charge in [-0.25, -0.2) is 19.2 Å². The Balaban J connectivity index is 1.20. The fourth-order valence-corrected chi connectivity index (χ4v) is 11.9. The molecule has 0 saturated carbocycles. The number of hydrazine groups is 1. The summed E-state index contributed by atoms with van der Waals surface area (Å²) < 4.78 is 88.3. The van der Waals surface area contributed by atoms with Crippen molar-refractivity contribution in [2.24, 2.45) is 11.3 Å². The fourth-order valence-electron chi connectivity index (χ4n) is 10.9. The zero-order valence-electron chi connectivity index (χ0n) is 44.6. The highest BCUT2D eigenvalue weighted by molar-refractivity contribution is 7.10. The van der Waals surface area contributed by atoms with Crippen molar-refractivity contribution in [3.05, 3.63) is 52.1 Å². The number of halogens is 6. The van der Waals surface area contributed by atoms with Crippen molar-refractivity contribution in [2.75, 3.05) is 78.5 Å². The van der Waals surface area contributed by atoms with Crippen molar-refractivity contribution in [1.82, 2.24) is 45.0 Å². The van der Waals surface area contributed by atoms with Gasteiger partial charge in [0, 0.05) is 112 Å². The summed E-state index contributed by atoms with van der Waals surface area (Å²) in [6.07, 6.45) is -3.78. The summed E-state index contributed by atoms with van der Waals surface area (Å²) in [5.41, 5.74) is 1.20. The van der Waals surface area contributed by atoms with E-state index in [2.05, 4.69) is 20.5 Å². The molecule has 6 bridgehead atoms. The van der Waals surface area contributed by atoms with Crippen molar-refractivity contribution in [2.45, 2.75) is 121 Å². The molecule has 8 rings (SSSR count). The summed E-state index contributed by atoms with van der Waals surface area (Å²) in [4.78, 5) is 85.6. The van der Waals surface area contributed by atoms with Gasteiger partial charge in [-0.2, -0.15) is 13.2 Å². The Kier molecular flexibility index (Phi) is 17.3. The number of methoxy groups -OCH3 is 1. The minimum atomic E-state index is -4.65. The highest BCUT2D eigenvalue weighted by Crippen LogP contribution is 2.44. The smallest absolute Gasteiger partial charge is 0.406 e. The molecule has 24 heteroatoms. The van der Waals surface area contributed by atoms with Gasteiger partial charge in [0.05, 0.1) is 46.7 Å². The number of anilines is 1. The number of likely N-dealkylation sites (tertiary alicyclic amines) is 1. The second kappa shape index (κ2) is 23.1. The zero-order valence-corrected chi connectivity index (χ0v) is 46.2. The number of benzene rings is 1. The number of hydrogen-bond acceptors (Lipinski definition) is 13. The maximum atomic E-state index is 16.5. The molecule has 4 aliphatic rings. The molecule has 0 unspecified atom stereocenters. The molecule has 3 aromatic heterocycles. The predicted octanol–water partition coefficient (Wildman–Crippen LogP) is 6.84. The van der Waals surface area contributed by atoms with Gasteiger partial charge in [-0.15, -0.1) is 11.3 Å². The summed E-state index contributed by atoms with van der Waals surface area (Å²) >= 11 is 6.53. The number of carbonyl (C=O) groups is 5. The number of hydrogen-bond donors (Lipinski definition) is 2. The minimum Gasteiger partial charge on any atom is -0.464 e. The molecule has 7 heterocycles. The second-order valence-corrected chi connectivity index (χ2v) is 23.2. The molecular formula is C53H68ClF5N10O7S. The van der Waals surface area contributed by atoms with Crippen molar-refractivity contribution in [1.29, 1.82) is 0 Å². The number of pyridine rings is 1. The van der Waals surface area contributed by atoms with Crippen LogP contribution >= 0.6 is 22.9 Å². The van der Waals surface area contributed by atoms with E-state index in [-0.39, 0.29) is 39.1 Å². The lowest BCUT2D eigenvalue weighted by atomic mass is 9.84. The van der Waals surface area contributed by atoms with Crippen LogP contribution < -0.4 is 15.6 Å². The van der Waals surface area contributed by atoms with Crippen molar-refractivity contribution in [3.63, 3.8) is 0 Å². The van der Waals surface area contributed by atoms with Crippen LogP contribution in [0.15, 0.2) is 35.8 Å². The first-order valence-corrected chi connectivity index (χ1v) is 27.3. The molecular weight excluding hydrogens is 1050 g/mol. The van der Waals surface area contributed by atoms with Gasteiger partial charge < -0.3 is 39.0 Å². The first-order chi connectivity index (χ1) is 36.3. The summed E-state index contributed by atoms with van der Waals surface area (Å²) in [5.74, 6) is -4.71. The van der Waals surface area contributed by atoms with Gasteiger partial charge in [-0.1, -0.05) is 45.4 Å². The van der Waals surface area contributed by atoms with Crippen molar-refractivity contribution < 1.29 is 55.4 Å². The van der Waals surface area contributed by atoms with Crippen LogP contribution in [0.3, 0.4) is 0 Å². The standard InChI is InChI=1S/C53H68ClF5N10O7S/c1-30(2)43(65(7)50(74)52(56)13-16-67(17-14-52)48(72)45(54)55)46(70)62-38-24-41-61-39(27-77-41)32-11-12-40-34(22-32)36(25-51(4,5)29-76-49(73)37-10-9-15-69(63-37)47(38)71)44(68(40)28-53(57,58)59)35-23-33(26-60-42(35)31(3)75-8)66-20-18-64(6)19-21-66/h11-12,22-23,26-27,30-31,37-38,43,45,63H,9-10,13-21,24-25,28-29H2,1-8H3,(H,62,70)/t31-,37-,38-,43-,45-/m0/s1. The number of carbonyl (C=O) groups excluding carboxylic acids is 5. The molecule has 0 radical (unpaired) electrons. The lowest BCUT2D eigenvalue weighted by Crippen LogP contribution is -2.63. The maximum absolute atomic E-state index is 16.5. The number of nitrogens with zero attached hydrogens (tertiary/aromatic N) is 8. The van der Waals surface area contributed by atoms with Crippen molar-refractivity contribution >= 4 is 69.1 Å². The number of ether oxygens (including phenoxy) is 2. The van der Waals surface area contributed by atoms with Gasteiger partial charge in [0.1, 0.15) is 24.7 Å². The van der Waals surface area contributed by atoms with Gasteiger partial charge in [-0.3, -0.25) is 34.0 Å². The third-order valence-electron chi connectivity index (χ3n) is 15.2. The fraction of sp³-hybridized carbons (Fsp3) is 0.604. The Morgan fingerprint density at radius 1 is 1.05 bits per heavy atom. The van der Waals surface area contributed by atoms with E-state index in [0.29, 0.717) is 75.6 Å². The molecule has 1 aromatic carbocycles.